The van der Waals surface area contributed by atoms with E-state index < -0.39 is 28.2 Å². The van der Waals surface area contributed by atoms with Crippen molar-refractivity contribution < 1.29 is 60.8 Å². The number of ether oxygens (including phenoxy) is 7. The first-order chi connectivity index (χ1) is 26.6. The molecule has 0 radical (unpaired) electrons. The van der Waals surface area contributed by atoms with Gasteiger partial charge in [-0.2, -0.15) is 0 Å². The number of pyridine rings is 1. The fourth-order valence-corrected chi connectivity index (χ4v) is 6.42. The number of fused-ring (bicyclic) bond motifs is 1. The molecule has 1 aromatic heterocycles. The van der Waals surface area contributed by atoms with Gasteiger partial charge in [0.15, 0.2) is 34.5 Å². The number of aromatic nitrogens is 1. The van der Waals surface area contributed by atoms with Gasteiger partial charge in [0.25, 0.3) is 15.9 Å². The van der Waals surface area contributed by atoms with E-state index in [2.05, 4.69) is 15.0 Å². The molecule has 0 unspecified atom stereocenters. The number of nitrogens with one attached hydrogen (secondary N) is 2. The molecular formula is C36H37N5O13S. The Hall–Kier alpha value is -6.47. The topological polar surface area (TPSA) is 203 Å². The highest BCUT2D eigenvalue weighted by molar-refractivity contribution is 7.92. The molecule has 290 valence electrons. The van der Waals surface area contributed by atoms with E-state index in [1.54, 1.807) is 49.4 Å². The summed E-state index contributed by atoms with van der Waals surface area (Å²) in [6, 6.07) is 18.4. The lowest BCUT2D eigenvalue weighted by Crippen LogP contribution is -2.49. The first-order valence-electron chi connectivity index (χ1n) is 16.9. The van der Waals surface area contributed by atoms with Crippen molar-refractivity contribution in [1.82, 2.24) is 14.9 Å². The molecule has 19 heteroatoms. The molecule has 0 aliphatic carbocycles. The molecule has 18 nitrogen and oxygen atoms in total. The van der Waals surface area contributed by atoms with Crippen molar-refractivity contribution in [3.05, 3.63) is 84.6 Å². The Balaban J connectivity index is 1.32. The van der Waals surface area contributed by atoms with Crippen molar-refractivity contribution in [3.8, 4) is 34.5 Å². The van der Waals surface area contributed by atoms with Crippen molar-refractivity contribution in [2.45, 2.75) is 11.8 Å². The number of amides is 2. The number of piperazine rings is 1. The Bertz CT molecular complexity index is 2110. The van der Waals surface area contributed by atoms with Gasteiger partial charge in [0.2, 0.25) is 6.79 Å². The summed E-state index contributed by atoms with van der Waals surface area (Å²) in [4.78, 5) is 48.8. The monoisotopic (exact) mass is 779 g/mol. The molecule has 3 heterocycles. The second-order valence-corrected chi connectivity index (χ2v) is 13.2. The Morgan fingerprint density at radius 3 is 2.36 bits per heavy atom. The van der Waals surface area contributed by atoms with Gasteiger partial charge < -0.3 is 42.9 Å². The fraction of sp³-hybridized carbons (Fsp3) is 0.278. The van der Waals surface area contributed by atoms with Crippen LogP contribution in [-0.2, 0) is 24.3 Å². The van der Waals surface area contributed by atoms with E-state index in [4.69, 9.17) is 38.0 Å². The van der Waals surface area contributed by atoms with E-state index in [0.717, 1.165) is 0 Å². The van der Waals surface area contributed by atoms with Crippen LogP contribution in [0.1, 0.15) is 17.3 Å². The first-order valence-corrected chi connectivity index (χ1v) is 18.4. The van der Waals surface area contributed by atoms with Gasteiger partial charge in [-0.15, -0.1) is 5.06 Å². The van der Waals surface area contributed by atoms with Crippen LogP contribution < -0.4 is 33.7 Å². The largest absolute Gasteiger partial charge is 0.527 e. The van der Waals surface area contributed by atoms with E-state index in [0.29, 0.717) is 11.5 Å². The molecule has 3 aromatic carbocycles. The lowest BCUT2D eigenvalue weighted by atomic mass is 10.1. The van der Waals surface area contributed by atoms with Crippen molar-refractivity contribution >= 4 is 39.7 Å². The van der Waals surface area contributed by atoms with Crippen LogP contribution >= 0.6 is 0 Å². The minimum Gasteiger partial charge on any atom is -0.493 e. The number of hydrogen-bond donors (Lipinski definition) is 2. The average molecular weight is 780 g/mol. The highest BCUT2D eigenvalue weighted by Gasteiger charge is 2.29. The van der Waals surface area contributed by atoms with Crippen LogP contribution in [0.4, 0.5) is 21.1 Å². The number of hydrogen-bond acceptors (Lipinski definition) is 15. The number of sulfonamides is 1. The number of nitrogens with zero attached hydrogens (tertiary/aromatic N) is 3. The number of hydroxylamine groups is 2. The van der Waals surface area contributed by atoms with Crippen LogP contribution in [0.2, 0.25) is 0 Å². The van der Waals surface area contributed by atoms with Crippen LogP contribution in [0.25, 0.3) is 0 Å². The molecule has 2 amide bonds. The third kappa shape index (κ3) is 9.75. The van der Waals surface area contributed by atoms with E-state index >= 15 is 0 Å². The molecule has 6 rings (SSSR count). The number of methoxy groups -OCH3 is 1. The molecule has 0 bridgehead atoms. The second kappa shape index (κ2) is 17.6. The number of carbonyl (C=O) groups is 3. The van der Waals surface area contributed by atoms with E-state index in [1.807, 2.05) is 0 Å². The molecule has 0 saturated carbocycles. The standard InChI is InChI=1S/C36H37N5O13S/c1-3-48-36(44)54-41-16-14-40(15-17-41)34(42)24-20-26(39-55(45,46)25-11-12-28-30(22-25)52-23-51-28)33(53-29-9-5-4-8-27(29)47-2)31(21-24)49-18-19-50-35(43)38-32-10-6-7-13-37-32/h4-13,20-22,39H,3,14-19,23H2,1-2H3,(H,37,38,43). The van der Waals surface area contributed by atoms with Crippen LogP contribution in [0.3, 0.4) is 0 Å². The Labute approximate surface area is 315 Å². The van der Waals surface area contributed by atoms with Gasteiger partial charge in [-0.3, -0.25) is 14.8 Å². The molecule has 55 heavy (non-hydrogen) atoms. The fourth-order valence-electron chi connectivity index (χ4n) is 5.35. The third-order valence-electron chi connectivity index (χ3n) is 7.94. The summed E-state index contributed by atoms with van der Waals surface area (Å²) in [7, 11) is -2.93. The summed E-state index contributed by atoms with van der Waals surface area (Å²) in [6.45, 7) is 1.92. The molecular weight excluding hydrogens is 742 g/mol. The predicted octanol–water partition coefficient (Wildman–Crippen LogP) is 4.89. The van der Waals surface area contributed by atoms with Gasteiger partial charge in [-0.25, -0.2) is 23.0 Å². The smallest absolute Gasteiger partial charge is 0.493 e. The summed E-state index contributed by atoms with van der Waals surface area (Å²) >= 11 is 0. The van der Waals surface area contributed by atoms with Crippen molar-refractivity contribution in [1.29, 1.82) is 0 Å². The highest BCUT2D eigenvalue weighted by atomic mass is 32.2. The zero-order valence-corrected chi connectivity index (χ0v) is 30.5. The maximum absolute atomic E-state index is 14.0. The molecule has 1 saturated heterocycles. The van der Waals surface area contributed by atoms with Crippen LogP contribution in [0.15, 0.2) is 83.9 Å². The summed E-state index contributed by atoms with van der Waals surface area (Å²) < 4.78 is 69.0. The van der Waals surface area contributed by atoms with Crippen molar-refractivity contribution in [3.63, 3.8) is 0 Å². The van der Waals surface area contributed by atoms with Crippen LogP contribution in [0, 0.1) is 0 Å². The van der Waals surface area contributed by atoms with Gasteiger partial charge in [0.1, 0.15) is 19.0 Å². The molecule has 0 spiro atoms. The maximum Gasteiger partial charge on any atom is 0.527 e. The van der Waals surface area contributed by atoms with Gasteiger partial charge in [-0.1, -0.05) is 18.2 Å². The number of anilines is 2. The predicted molar refractivity (Wildman–Crippen MR) is 193 cm³/mol. The Morgan fingerprint density at radius 1 is 0.855 bits per heavy atom. The highest BCUT2D eigenvalue weighted by Crippen LogP contribution is 2.44. The van der Waals surface area contributed by atoms with Gasteiger partial charge in [0, 0.05) is 30.9 Å². The van der Waals surface area contributed by atoms with E-state index in [9.17, 15) is 22.8 Å². The van der Waals surface area contributed by atoms with Crippen molar-refractivity contribution in [2.24, 2.45) is 0 Å². The van der Waals surface area contributed by atoms with E-state index in [1.165, 1.54) is 53.6 Å². The Morgan fingerprint density at radius 2 is 1.62 bits per heavy atom. The second-order valence-electron chi connectivity index (χ2n) is 11.5. The summed E-state index contributed by atoms with van der Waals surface area (Å²) in [6.07, 6.45) is -0.140. The number of benzene rings is 3. The summed E-state index contributed by atoms with van der Waals surface area (Å²) in [5.41, 5.74) is -0.137. The SMILES string of the molecule is CCOC(=O)ON1CCN(C(=O)c2cc(NS(=O)(=O)c3ccc4c(c3)OCO4)c(Oc3ccccc3OC)c(OCCOC(=O)Nc3ccccn3)c2)CC1. The molecule has 4 aromatic rings. The lowest BCUT2D eigenvalue weighted by Gasteiger charge is -2.33. The average Bonchev–Trinajstić information content (AvgIpc) is 3.66. The van der Waals surface area contributed by atoms with Gasteiger partial charge in [-0.05, 0) is 55.5 Å². The first kappa shape index (κ1) is 38.3. The van der Waals surface area contributed by atoms with Gasteiger partial charge in [0.05, 0.1) is 37.4 Å². The molecule has 1 fully saturated rings. The minimum atomic E-state index is -4.37. The lowest BCUT2D eigenvalue weighted by molar-refractivity contribution is -0.142. The minimum absolute atomic E-state index is 0.0272. The third-order valence-corrected chi connectivity index (χ3v) is 9.31. The van der Waals surface area contributed by atoms with Crippen LogP contribution in [-0.4, -0.2) is 101 Å². The quantitative estimate of drug-likeness (QED) is 0.129. The van der Waals surface area contributed by atoms with Crippen molar-refractivity contribution in [2.75, 3.05) is 69.9 Å². The Kier molecular flexibility index (Phi) is 12.2. The van der Waals surface area contributed by atoms with Crippen LogP contribution in [0.5, 0.6) is 34.5 Å². The van der Waals surface area contributed by atoms with E-state index in [-0.39, 0.29) is 97.8 Å². The zero-order chi connectivity index (χ0) is 38.8. The number of rotatable bonds is 14. The van der Waals surface area contributed by atoms with Gasteiger partial charge >= 0.3 is 12.2 Å². The maximum atomic E-state index is 14.0. The zero-order valence-electron chi connectivity index (χ0n) is 29.7. The molecule has 2 aliphatic heterocycles. The number of carbonyl (C=O) groups excluding carboxylic acids is 3. The molecule has 2 N–H and O–H groups in total. The number of para-hydroxylation sites is 2. The molecule has 0 atom stereocenters. The normalized spacial score (nSPS) is 13.7. The summed E-state index contributed by atoms with van der Waals surface area (Å²) in [5.74, 6) is 0.718. The summed E-state index contributed by atoms with van der Waals surface area (Å²) in [5, 5.41) is 3.88. The molecule has 2 aliphatic rings.